The first kappa shape index (κ1) is 15.7. The number of benzene rings is 1. The second kappa shape index (κ2) is 7.39. The van der Waals surface area contributed by atoms with E-state index >= 15 is 0 Å². The Morgan fingerprint density at radius 3 is 2.65 bits per heavy atom. The highest BCUT2D eigenvalue weighted by atomic mass is 35.5. The van der Waals surface area contributed by atoms with Gasteiger partial charge in [-0.2, -0.15) is 0 Å². The normalized spacial score (nSPS) is 17.0. The minimum atomic E-state index is -0.266. The van der Waals surface area contributed by atoms with E-state index in [2.05, 4.69) is 20.6 Å². The van der Waals surface area contributed by atoms with Crippen LogP contribution in [0.2, 0.25) is 5.02 Å². The van der Waals surface area contributed by atoms with Crippen LogP contribution in [0.5, 0.6) is 0 Å². The molecule has 23 heavy (non-hydrogen) atoms. The van der Waals surface area contributed by atoms with Crippen LogP contribution in [0.25, 0.3) is 0 Å². The fraction of sp³-hybridized carbons (Fsp3) is 0.312. The summed E-state index contributed by atoms with van der Waals surface area (Å²) in [5, 5.41) is 6.50. The molecule has 3 rings (SSSR count). The average molecular weight is 333 g/mol. The first-order valence-electron chi connectivity index (χ1n) is 7.45. The Labute approximate surface area is 139 Å². The Balaban J connectivity index is 1.55. The highest BCUT2D eigenvalue weighted by Crippen LogP contribution is 2.15. The van der Waals surface area contributed by atoms with Gasteiger partial charge in [0.1, 0.15) is 0 Å². The van der Waals surface area contributed by atoms with Crippen LogP contribution >= 0.6 is 11.6 Å². The molecule has 1 unspecified atom stereocenters. The van der Waals surface area contributed by atoms with Crippen molar-refractivity contribution < 1.29 is 9.53 Å². The lowest BCUT2D eigenvalue weighted by Crippen LogP contribution is -2.20. The van der Waals surface area contributed by atoms with Crippen molar-refractivity contribution in [2.24, 2.45) is 0 Å². The molecule has 1 aliphatic rings. The summed E-state index contributed by atoms with van der Waals surface area (Å²) in [5.41, 5.74) is 1.06. The van der Waals surface area contributed by atoms with E-state index < -0.39 is 0 Å². The monoisotopic (exact) mass is 332 g/mol. The van der Waals surface area contributed by atoms with Crippen molar-refractivity contribution in [3.63, 3.8) is 0 Å². The molecule has 1 atom stereocenters. The standard InChI is InChI=1S/C16H17ClN4O2/c17-12-3-5-13(6-4-12)21-15(22)11-8-18-16(19-9-11)20-10-14-2-1-7-23-14/h3-6,8-9,14H,1-2,7,10H2,(H,21,22)(H,18,19,20). The molecule has 2 aromatic rings. The number of hydrogen-bond acceptors (Lipinski definition) is 5. The maximum absolute atomic E-state index is 12.1. The van der Waals surface area contributed by atoms with Crippen molar-refractivity contribution >= 4 is 29.1 Å². The van der Waals surface area contributed by atoms with E-state index in [-0.39, 0.29) is 12.0 Å². The summed E-state index contributed by atoms with van der Waals surface area (Å²) >= 11 is 5.81. The van der Waals surface area contributed by atoms with Gasteiger partial charge in [0.05, 0.1) is 11.7 Å². The molecule has 120 valence electrons. The minimum absolute atomic E-state index is 0.214. The predicted molar refractivity (Wildman–Crippen MR) is 88.9 cm³/mol. The van der Waals surface area contributed by atoms with Gasteiger partial charge in [0.2, 0.25) is 5.95 Å². The fourth-order valence-corrected chi connectivity index (χ4v) is 2.41. The highest BCUT2D eigenvalue weighted by Gasteiger charge is 2.15. The summed E-state index contributed by atoms with van der Waals surface area (Å²) in [4.78, 5) is 20.4. The van der Waals surface area contributed by atoms with Crippen LogP contribution in [-0.4, -0.2) is 35.1 Å². The molecule has 6 nitrogen and oxygen atoms in total. The summed E-state index contributed by atoms with van der Waals surface area (Å²) < 4.78 is 5.52. The van der Waals surface area contributed by atoms with Gasteiger partial charge in [0.25, 0.3) is 5.91 Å². The molecule has 0 spiro atoms. The highest BCUT2D eigenvalue weighted by molar-refractivity contribution is 6.30. The third-order valence-electron chi connectivity index (χ3n) is 3.53. The quantitative estimate of drug-likeness (QED) is 0.880. The zero-order valence-electron chi connectivity index (χ0n) is 12.5. The number of halogens is 1. The molecule has 1 fully saturated rings. The molecule has 0 aliphatic carbocycles. The second-order valence-corrected chi connectivity index (χ2v) is 5.71. The third kappa shape index (κ3) is 4.40. The van der Waals surface area contributed by atoms with Gasteiger partial charge in [-0.15, -0.1) is 0 Å². The molecule has 0 radical (unpaired) electrons. The average Bonchev–Trinajstić information content (AvgIpc) is 3.09. The first-order valence-corrected chi connectivity index (χ1v) is 7.83. The molecule has 1 aliphatic heterocycles. The van der Waals surface area contributed by atoms with E-state index in [0.717, 1.165) is 19.4 Å². The van der Waals surface area contributed by atoms with Crippen LogP contribution in [-0.2, 0) is 4.74 Å². The van der Waals surface area contributed by atoms with Crippen molar-refractivity contribution in [3.05, 3.63) is 47.2 Å². The Morgan fingerprint density at radius 1 is 1.26 bits per heavy atom. The number of nitrogens with one attached hydrogen (secondary N) is 2. The predicted octanol–water partition coefficient (Wildman–Crippen LogP) is 2.97. The van der Waals surface area contributed by atoms with Gasteiger partial charge in [-0.3, -0.25) is 4.79 Å². The first-order chi connectivity index (χ1) is 11.2. The Morgan fingerprint density at radius 2 is 2.00 bits per heavy atom. The number of ether oxygens (including phenoxy) is 1. The van der Waals surface area contributed by atoms with E-state index in [4.69, 9.17) is 16.3 Å². The number of aromatic nitrogens is 2. The Hall–Kier alpha value is -2.18. The largest absolute Gasteiger partial charge is 0.376 e. The van der Waals surface area contributed by atoms with Crippen molar-refractivity contribution in [1.82, 2.24) is 9.97 Å². The van der Waals surface area contributed by atoms with E-state index in [1.54, 1.807) is 24.3 Å². The second-order valence-electron chi connectivity index (χ2n) is 5.27. The zero-order valence-corrected chi connectivity index (χ0v) is 13.2. The van der Waals surface area contributed by atoms with Gasteiger partial charge in [0.15, 0.2) is 0 Å². The Bertz CT molecular complexity index is 655. The van der Waals surface area contributed by atoms with Crippen LogP contribution in [0, 0.1) is 0 Å². The van der Waals surface area contributed by atoms with Crippen LogP contribution in [0.4, 0.5) is 11.6 Å². The number of nitrogens with zero attached hydrogens (tertiary/aromatic N) is 2. The smallest absolute Gasteiger partial charge is 0.258 e. The molecular weight excluding hydrogens is 316 g/mol. The van der Waals surface area contributed by atoms with Crippen molar-refractivity contribution in [2.75, 3.05) is 23.8 Å². The lowest BCUT2D eigenvalue weighted by molar-refractivity contribution is 0.102. The molecule has 1 saturated heterocycles. The van der Waals surface area contributed by atoms with Crippen molar-refractivity contribution in [1.29, 1.82) is 0 Å². The van der Waals surface area contributed by atoms with Crippen molar-refractivity contribution in [2.45, 2.75) is 18.9 Å². The third-order valence-corrected chi connectivity index (χ3v) is 3.78. The van der Waals surface area contributed by atoms with E-state index in [1.165, 1.54) is 12.4 Å². The van der Waals surface area contributed by atoms with Gasteiger partial charge in [-0.1, -0.05) is 11.6 Å². The zero-order chi connectivity index (χ0) is 16.1. The van der Waals surface area contributed by atoms with E-state index in [9.17, 15) is 4.79 Å². The number of carbonyl (C=O) groups excluding carboxylic acids is 1. The van der Waals surface area contributed by atoms with E-state index in [1.807, 2.05) is 0 Å². The van der Waals surface area contributed by atoms with Crippen LogP contribution in [0.15, 0.2) is 36.7 Å². The molecule has 0 saturated carbocycles. The molecule has 0 bridgehead atoms. The molecule has 1 aromatic heterocycles. The van der Waals surface area contributed by atoms with Crippen LogP contribution < -0.4 is 10.6 Å². The number of amides is 1. The summed E-state index contributed by atoms with van der Waals surface area (Å²) in [6, 6.07) is 6.90. The van der Waals surface area contributed by atoms with Crippen molar-refractivity contribution in [3.8, 4) is 0 Å². The summed E-state index contributed by atoms with van der Waals surface area (Å²) in [5.74, 6) is 0.224. The number of hydrogen-bond donors (Lipinski definition) is 2. The summed E-state index contributed by atoms with van der Waals surface area (Å²) in [7, 11) is 0. The van der Waals surface area contributed by atoms with Gasteiger partial charge in [-0.05, 0) is 37.1 Å². The fourth-order valence-electron chi connectivity index (χ4n) is 2.28. The lowest BCUT2D eigenvalue weighted by atomic mass is 10.2. The van der Waals surface area contributed by atoms with Crippen LogP contribution in [0.1, 0.15) is 23.2 Å². The molecular formula is C16H17ClN4O2. The number of rotatable bonds is 5. The SMILES string of the molecule is O=C(Nc1ccc(Cl)cc1)c1cnc(NCC2CCCO2)nc1. The van der Waals surface area contributed by atoms with E-state index in [0.29, 0.717) is 28.8 Å². The van der Waals surface area contributed by atoms with Gasteiger partial charge < -0.3 is 15.4 Å². The summed E-state index contributed by atoms with van der Waals surface area (Å²) in [6.07, 6.45) is 5.35. The molecule has 1 amide bonds. The minimum Gasteiger partial charge on any atom is -0.376 e. The Kier molecular flexibility index (Phi) is 5.05. The van der Waals surface area contributed by atoms with Crippen LogP contribution in [0.3, 0.4) is 0 Å². The maximum atomic E-state index is 12.1. The van der Waals surface area contributed by atoms with Gasteiger partial charge in [-0.25, -0.2) is 9.97 Å². The maximum Gasteiger partial charge on any atom is 0.258 e. The topological polar surface area (TPSA) is 76.1 Å². The molecule has 2 N–H and O–H groups in total. The van der Waals surface area contributed by atoms with Gasteiger partial charge >= 0.3 is 0 Å². The summed E-state index contributed by atoms with van der Waals surface area (Å²) in [6.45, 7) is 1.49. The molecule has 7 heteroatoms. The number of anilines is 2. The molecule has 1 aromatic carbocycles. The lowest BCUT2D eigenvalue weighted by Gasteiger charge is -2.10. The van der Waals surface area contributed by atoms with Gasteiger partial charge in [0, 0.05) is 36.3 Å². The number of carbonyl (C=O) groups is 1. The molecule has 2 heterocycles.